The summed E-state index contributed by atoms with van der Waals surface area (Å²) in [4.78, 5) is 24.3. The van der Waals surface area contributed by atoms with Crippen molar-refractivity contribution in [2.45, 2.75) is 0 Å². The zero-order chi connectivity index (χ0) is 18.9. The molecule has 0 aliphatic carbocycles. The van der Waals surface area contributed by atoms with Crippen LogP contribution in [0.2, 0.25) is 0 Å². The molecule has 1 aromatic rings. The molecule has 0 unspecified atom stereocenters. The Hall–Kier alpha value is -1.51. The zero-order valence-corrected chi connectivity index (χ0v) is 15.6. The molecule has 0 heterocycles. The van der Waals surface area contributed by atoms with Gasteiger partial charge in [0.1, 0.15) is 0 Å². The number of carbonyl (C=O) groups is 2. The maximum atomic E-state index is 12.1. The van der Waals surface area contributed by atoms with Crippen molar-refractivity contribution in [3.05, 3.63) is 35.9 Å². The molecule has 0 aliphatic rings. The summed E-state index contributed by atoms with van der Waals surface area (Å²) in [5.74, 6) is 0.140. The summed E-state index contributed by atoms with van der Waals surface area (Å²) in [5.41, 5.74) is 0.469. The van der Waals surface area contributed by atoms with E-state index in [0.717, 1.165) is 4.90 Å². The quantitative estimate of drug-likeness (QED) is 0.243. The van der Waals surface area contributed by atoms with E-state index in [1.165, 1.54) is 0 Å². The van der Waals surface area contributed by atoms with E-state index in [4.69, 9.17) is 30.5 Å². The van der Waals surface area contributed by atoms with Crippen LogP contribution < -0.4 is 0 Å². The van der Waals surface area contributed by atoms with Gasteiger partial charge in [-0.3, -0.25) is 14.5 Å². The van der Waals surface area contributed by atoms with Gasteiger partial charge in [0, 0.05) is 11.4 Å². The van der Waals surface area contributed by atoms with Gasteiger partial charge >= 0.3 is 0 Å². The van der Waals surface area contributed by atoms with Crippen molar-refractivity contribution in [3.63, 3.8) is 0 Å². The van der Waals surface area contributed by atoms with Gasteiger partial charge in [-0.05, 0) is 12.1 Å². The van der Waals surface area contributed by atoms with Crippen LogP contribution in [-0.2, 0) is 23.7 Å². The van der Waals surface area contributed by atoms with Gasteiger partial charge in [0.25, 0.3) is 5.91 Å². The fourth-order valence-electron chi connectivity index (χ4n) is 1.93. The van der Waals surface area contributed by atoms with E-state index in [1.807, 2.05) is 6.07 Å². The van der Waals surface area contributed by atoms with Crippen LogP contribution in [0.5, 0.6) is 0 Å². The number of amides is 2. The fourth-order valence-corrected chi connectivity index (χ4v) is 2.04. The molecule has 7 nitrogen and oxygen atoms in total. The fraction of sp³-hybridized carbons (Fsp3) is 0.556. The average Bonchev–Trinajstić information content (AvgIpc) is 2.68. The third-order valence-corrected chi connectivity index (χ3v) is 3.38. The van der Waals surface area contributed by atoms with Crippen molar-refractivity contribution in [1.29, 1.82) is 0 Å². The molecule has 26 heavy (non-hydrogen) atoms. The highest BCUT2D eigenvalue weighted by atomic mass is 35.5. The van der Waals surface area contributed by atoms with Crippen LogP contribution in [0.25, 0.3) is 0 Å². The average molecular weight is 388 g/mol. The van der Waals surface area contributed by atoms with Crippen LogP contribution in [0.1, 0.15) is 10.4 Å². The predicted molar refractivity (Wildman–Crippen MR) is 97.5 cm³/mol. The van der Waals surface area contributed by atoms with Crippen molar-refractivity contribution in [2.75, 3.05) is 65.3 Å². The van der Waals surface area contributed by atoms with Crippen molar-refractivity contribution in [3.8, 4) is 0 Å². The van der Waals surface area contributed by atoms with E-state index < -0.39 is 0 Å². The maximum Gasteiger partial charge on any atom is 0.260 e. The SMILES string of the molecule is O=CN(CCOCCOCCOCCOCCCl)C(=O)c1ccccc1. The van der Waals surface area contributed by atoms with Gasteiger partial charge in [0.05, 0.1) is 59.4 Å². The largest absolute Gasteiger partial charge is 0.378 e. The second-order valence-electron chi connectivity index (χ2n) is 5.11. The number of alkyl halides is 1. The molecule has 0 saturated heterocycles. The molecule has 1 aromatic carbocycles. The lowest BCUT2D eigenvalue weighted by Gasteiger charge is -2.15. The molecule has 0 saturated carbocycles. The number of ether oxygens (including phenoxy) is 4. The molecule has 0 N–H and O–H groups in total. The molecule has 0 fully saturated rings. The summed E-state index contributed by atoms with van der Waals surface area (Å²) in [6.45, 7) is 3.75. The van der Waals surface area contributed by atoms with Gasteiger partial charge in [-0.25, -0.2) is 0 Å². The second-order valence-corrected chi connectivity index (χ2v) is 5.49. The summed E-state index contributed by atoms with van der Waals surface area (Å²) in [6.07, 6.45) is 0.517. The van der Waals surface area contributed by atoms with Crippen LogP contribution >= 0.6 is 11.6 Å². The van der Waals surface area contributed by atoms with Crippen LogP contribution in [0.3, 0.4) is 0 Å². The monoisotopic (exact) mass is 387 g/mol. The Labute approximate surface area is 159 Å². The smallest absolute Gasteiger partial charge is 0.260 e. The lowest BCUT2D eigenvalue weighted by Crippen LogP contribution is -2.33. The molecule has 0 spiro atoms. The lowest BCUT2D eigenvalue weighted by atomic mass is 10.2. The third-order valence-electron chi connectivity index (χ3n) is 3.22. The standard InChI is InChI=1S/C18H26ClNO6/c19-6-8-23-10-12-25-14-15-26-13-11-24-9-7-20(16-21)18(22)17-4-2-1-3-5-17/h1-5,16H,6-15H2. The van der Waals surface area contributed by atoms with Gasteiger partial charge in [-0.2, -0.15) is 0 Å². The summed E-state index contributed by atoms with van der Waals surface area (Å²) in [6, 6.07) is 8.65. The van der Waals surface area contributed by atoms with Crippen LogP contribution in [0, 0.1) is 0 Å². The van der Waals surface area contributed by atoms with Gasteiger partial charge in [0.2, 0.25) is 6.41 Å². The van der Waals surface area contributed by atoms with Crippen molar-refractivity contribution in [2.24, 2.45) is 0 Å². The molecule has 0 aliphatic heterocycles. The summed E-state index contributed by atoms with van der Waals surface area (Å²) in [5, 5.41) is 0. The molecule has 0 bridgehead atoms. The zero-order valence-electron chi connectivity index (χ0n) is 14.8. The normalized spacial score (nSPS) is 10.7. The molecule has 8 heteroatoms. The maximum absolute atomic E-state index is 12.1. The van der Waals surface area contributed by atoms with Crippen molar-refractivity contribution in [1.82, 2.24) is 4.90 Å². The number of rotatable bonds is 16. The molecular weight excluding hydrogens is 362 g/mol. The Morgan fingerprint density at radius 2 is 1.35 bits per heavy atom. The minimum Gasteiger partial charge on any atom is -0.378 e. The predicted octanol–water partition coefficient (Wildman–Crippen LogP) is 1.59. The van der Waals surface area contributed by atoms with E-state index in [1.54, 1.807) is 24.3 Å². The highest BCUT2D eigenvalue weighted by Crippen LogP contribution is 2.03. The Morgan fingerprint density at radius 1 is 0.846 bits per heavy atom. The van der Waals surface area contributed by atoms with Crippen LogP contribution in [0.15, 0.2) is 30.3 Å². The van der Waals surface area contributed by atoms with Gasteiger partial charge < -0.3 is 18.9 Å². The minimum atomic E-state index is -0.340. The summed E-state index contributed by atoms with van der Waals surface area (Å²) in [7, 11) is 0. The molecule has 2 amide bonds. The summed E-state index contributed by atoms with van der Waals surface area (Å²) >= 11 is 5.47. The first-order chi connectivity index (χ1) is 12.8. The number of halogens is 1. The van der Waals surface area contributed by atoms with E-state index in [-0.39, 0.29) is 19.1 Å². The van der Waals surface area contributed by atoms with Gasteiger partial charge in [0.15, 0.2) is 0 Å². The highest BCUT2D eigenvalue weighted by molar-refractivity contribution is 6.17. The molecule has 0 atom stereocenters. The molecule has 1 rings (SSSR count). The first kappa shape index (κ1) is 22.5. The van der Waals surface area contributed by atoms with Crippen molar-refractivity contribution < 1.29 is 28.5 Å². The Balaban J connectivity index is 1.97. The molecule has 146 valence electrons. The lowest BCUT2D eigenvalue weighted by molar-refractivity contribution is -0.116. The van der Waals surface area contributed by atoms with Gasteiger partial charge in [-0.1, -0.05) is 18.2 Å². The number of carbonyl (C=O) groups excluding carboxylic acids is 2. The Bertz CT molecular complexity index is 488. The Kier molecular flexibility index (Phi) is 13.6. The number of nitrogens with zero attached hydrogens (tertiary/aromatic N) is 1. The van der Waals surface area contributed by atoms with E-state index in [9.17, 15) is 9.59 Å². The van der Waals surface area contributed by atoms with E-state index in [0.29, 0.717) is 64.1 Å². The van der Waals surface area contributed by atoms with Crippen LogP contribution in [0.4, 0.5) is 0 Å². The first-order valence-corrected chi connectivity index (χ1v) is 9.01. The number of hydrogen-bond donors (Lipinski definition) is 0. The highest BCUT2D eigenvalue weighted by Gasteiger charge is 2.14. The van der Waals surface area contributed by atoms with E-state index in [2.05, 4.69) is 0 Å². The minimum absolute atomic E-state index is 0.197. The molecule has 0 aromatic heterocycles. The number of imide groups is 1. The van der Waals surface area contributed by atoms with E-state index >= 15 is 0 Å². The Morgan fingerprint density at radius 3 is 1.85 bits per heavy atom. The number of benzene rings is 1. The van der Waals surface area contributed by atoms with Crippen molar-refractivity contribution >= 4 is 23.9 Å². The molecule has 0 radical (unpaired) electrons. The van der Waals surface area contributed by atoms with Gasteiger partial charge in [-0.15, -0.1) is 11.6 Å². The number of hydrogen-bond acceptors (Lipinski definition) is 6. The topological polar surface area (TPSA) is 74.3 Å². The third kappa shape index (κ3) is 10.5. The van der Waals surface area contributed by atoms with Crippen LogP contribution in [-0.4, -0.2) is 82.5 Å². The molecular formula is C18H26ClNO6. The first-order valence-electron chi connectivity index (χ1n) is 8.48. The summed E-state index contributed by atoms with van der Waals surface area (Å²) < 4.78 is 21.2. The second kappa shape index (κ2) is 15.7.